The number of piperazine rings is 1. The van der Waals surface area contributed by atoms with Crippen molar-refractivity contribution in [2.75, 3.05) is 31.1 Å². The van der Waals surface area contributed by atoms with Crippen molar-refractivity contribution in [1.82, 2.24) is 25.0 Å². The van der Waals surface area contributed by atoms with Crippen LogP contribution in [0.1, 0.15) is 16.8 Å². The highest BCUT2D eigenvalue weighted by Gasteiger charge is 2.27. The largest absolute Gasteiger partial charge is 0.356 e. The van der Waals surface area contributed by atoms with Crippen molar-refractivity contribution in [3.63, 3.8) is 0 Å². The summed E-state index contributed by atoms with van der Waals surface area (Å²) in [5, 5.41) is 8.46. The summed E-state index contributed by atoms with van der Waals surface area (Å²) in [4.78, 5) is 26.4. The molecule has 0 bridgehead atoms. The minimum Gasteiger partial charge on any atom is -0.356 e. The molecule has 3 rings (SSSR count). The molecule has 0 saturated carbocycles. The van der Waals surface area contributed by atoms with Gasteiger partial charge in [-0.1, -0.05) is 0 Å². The number of carbonyl (C=O) groups excluding carboxylic acids is 1. The molecule has 2 aromatic heterocycles. The third kappa shape index (κ3) is 4.93. The standard InChI is InChI=1S/C16H23N7OS.HI/c1-4-17-16(19-9-14-8-18-12(2)25-14)22-5-6-23(15(24)11-22)13-7-20-21(3)10-13;/h7-8,10H,4-6,9,11H2,1-3H3,(H,17,19);1H. The second kappa shape index (κ2) is 9.31. The van der Waals surface area contributed by atoms with Gasteiger partial charge in [0, 0.05) is 44.0 Å². The van der Waals surface area contributed by atoms with E-state index in [-0.39, 0.29) is 29.9 Å². The lowest BCUT2D eigenvalue weighted by Crippen LogP contribution is -2.55. The van der Waals surface area contributed by atoms with E-state index in [2.05, 4.69) is 20.4 Å². The van der Waals surface area contributed by atoms with Gasteiger partial charge in [0.15, 0.2) is 5.96 Å². The van der Waals surface area contributed by atoms with Gasteiger partial charge in [-0.05, 0) is 13.8 Å². The number of carbonyl (C=O) groups is 1. The molecule has 10 heteroatoms. The van der Waals surface area contributed by atoms with E-state index in [0.717, 1.165) is 34.6 Å². The second-order valence-electron chi connectivity index (χ2n) is 5.85. The number of rotatable bonds is 4. The smallest absolute Gasteiger partial charge is 0.246 e. The molecule has 1 amide bonds. The van der Waals surface area contributed by atoms with Crippen molar-refractivity contribution in [2.45, 2.75) is 20.4 Å². The number of nitrogens with zero attached hydrogens (tertiary/aromatic N) is 6. The first-order chi connectivity index (χ1) is 12.1. The first kappa shape index (κ1) is 20.6. The average Bonchev–Trinajstić information content (AvgIpc) is 3.19. The fourth-order valence-corrected chi connectivity index (χ4v) is 3.45. The molecule has 0 unspecified atom stereocenters. The molecule has 1 aliphatic rings. The molecule has 1 saturated heterocycles. The lowest BCUT2D eigenvalue weighted by Gasteiger charge is -2.35. The number of hydrogen-bond donors (Lipinski definition) is 1. The number of nitrogens with one attached hydrogen (secondary N) is 1. The van der Waals surface area contributed by atoms with Crippen molar-refractivity contribution >= 4 is 52.9 Å². The van der Waals surface area contributed by atoms with Gasteiger partial charge in [0.2, 0.25) is 5.91 Å². The van der Waals surface area contributed by atoms with Gasteiger partial charge in [0.1, 0.15) is 6.54 Å². The Morgan fingerprint density at radius 1 is 1.38 bits per heavy atom. The Morgan fingerprint density at radius 2 is 2.19 bits per heavy atom. The van der Waals surface area contributed by atoms with Crippen LogP contribution >= 0.6 is 35.3 Å². The molecule has 0 atom stereocenters. The van der Waals surface area contributed by atoms with Crippen molar-refractivity contribution in [2.24, 2.45) is 12.0 Å². The predicted molar refractivity (Wildman–Crippen MR) is 114 cm³/mol. The number of halogens is 1. The highest BCUT2D eigenvalue weighted by atomic mass is 127. The van der Waals surface area contributed by atoms with Gasteiger partial charge in [-0.25, -0.2) is 9.98 Å². The Bertz CT molecular complexity index is 772. The molecule has 142 valence electrons. The van der Waals surface area contributed by atoms with Crippen LogP contribution < -0.4 is 10.2 Å². The maximum Gasteiger partial charge on any atom is 0.246 e. The molecule has 1 aliphatic heterocycles. The summed E-state index contributed by atoms with van der Waals surface area (Å²) in [6.45, 7) is 7.01. The molecule has 0 aliphatic carbocycles. The van der Waals surface area contributed by atoms with Crippen molar-refractivity contribution in [1.29, 1.82) is 0 Å². The van der Waals surface area contributed by atoms with Crippen molar-refractivity contribution < 1.29 is 4.79 Å². The maximum atomic E-state index is 12.6. The molecular weight excluding hydrogens is 465 g/mol. The van der Waals surface area contributed by atoms with Crippen LogP contribution in [0.15, 0.2) is 23.6 Å². The zero-order valence-corrected chi connectivity index (χ0v) is 18.3. The summed E-state index contributed by atoms with van der Waals surface area (Å²) in [6, 6.07) is 0. The van der Waals surface area contributed by atoms with E-state index in [9.17, 15) is 4.79 Å². The van der Waals surface area contributed by atoms with Crippen LogP contribution in [-0.4, -0.2) is 57.7 Å². The lowest BCUT2D eigenvalue weighted by atomic mass is 10.3. The Hall–Kier alpha value is -1.69. The van der Waals surface area contributed by atoms with E-state index in [1.165, 1.54) is 0 Å². The molecule has 1 fully saturated rings. The van der Waals surface area contributed by atoms with Crippen LogP contribution in [0, 0.1) is 6.92 Å². The minimum absolute atomic E-state index is 0. The minimum atomic E-state index is 0. The number of aliphatic imine (C=N–C) groups is 1. The van der Waals surface area contributed by atoms with Gasteiger partial charge < -0.3 is 15.1 Å². The van der Waals surface area contributed by atoms with E-state index < -0.39 is 0 Å². The van der Waals surface area contributed by atoms with E-state index in [0.29, 0.717) is 19.6 Å². The Labute approximate surface area is 174 Å². The fraction of sp³-hybridized carbons (Fsp3) is 0.500. The van der Waals surface area contributed by atoms with E-state index in [1.54, 1.807) is 27.1 Å². The lowest BCUT2D eigenvalue weighted by molar-refractivity contribution is -0.120. The Kier molecular flexibility index (Phi) is 7.38. The van der Waals surface area contributed by atoms with Crippen LogP contribution in [0.3, 0.4) is 0 Å². The average molecular weight is 489 g/mol. The van der Waals surface area contributed by atoms with Crippen LogP contribution in [0.4, 0.5) is 5.69 Å². The van der Waals surface area contributed by atoms with Gasteiger partial charge >= 0.3 is 0 Å². The second-order valence-corrected chi connectivity index (χ2v) is 7.17. The number of aromatic nitrogens is 3. The highest BCUT2D eigenvalue weighted by molar-refractivity contribution is 14.0. The zero-order chi connectivity index (χ0) is 17.8. The summed E-state index contributed by atoms with van der Waals surface area (Å²) >= 11 is 1.65. The summed E-state index contributed by atoms with van der Waals surface area (Å²) in [6.07, 6.45) is 5.44. The molecule has 8 nitrogen and oxygen atoms in total. The van der Waals surface area contributed by atoms with E-state index in [4.69, 9.17) is 0 Å². The van der Waals surface area contributed by atoms with Crippen LogP contribution in [0.5, 0.6) is 0 Å². The van der Waals surface area contributed by atoms with Crippen LogP contribution in [0.25, 0.3) is 0 Å². The number of guanidine groups is 1. The number of anilines is 1. The van der Waals surface area contributed by atoms with E-state index in [1.807, 2.05) is 38.2 Å². The monoisotopic (exact) mass is 489 g/mol. The first-order valence-corrected chi connectivity index (χ1v) is 9.12. The Morgan fingerprint density at radius 3 is 2.77 bits per heavy atom. The molecule has 0 aromatic carbocycles. The SMILES string of the molecule is CCNC(=NCc1cnc(C)s1)N1CCN(c2cnn(C)c2)C(=O)C1.I. The molecule has 2 aromatic rings. The van der Waals surface area contributed by atoms with Gasteiger partial charge in [-0.15, -0.1) is 35.3 Å². The summed E-state index contributed by atoms with van der Waals surface area (Å²) in [5.74, 6) is 0.825. The van der Waals surface area contributed by atoms with E-state index >= 15 is 0 Å². The molecule has 0 spiro atoms. The third-order valence-electron chi connectivity index (χ3n) is 3.91. The van der Waals surface area contributed by atoms with Gasteiger partial charge in [-0.3, -0.25) is 9.48 Å². The van der Waals surface area contributed by atoms with Crippen LogP contribution in [-0.2, 0) is 18.4 Å². The topological polar surface area (TPSA) is 78.7 Å². The molecule has 0 radical (unpaired) electrons. The summed E-state index contributed by atoms with van der Waals surface area (Å²) in [5.41, 5.74) is 0.842. The molecular formula is C16H24IN7OS. The fourth-order valence-electron chi connectivity index (χ4n) is 2.73. The maximum absolute atomic E-state index is 12.6. The summed E-state index contributed by atoms with van der Waals surface area (Å²) in [7, 11) is 1.85. The number of thiazole rings is 1. The van der Waals surface area contributed by atoms with Gasteiger partial charge in [0.05, 0.1) is 23.4 Å². The van der Waals surface area contributed by atoms with Crippen molar-refractivity contribution in [3.05, 3.63) is 28.5 Å². The number of aryl methyl sites for hydroxylation is 2. The Balaban J connectivity index is 0.00000243. The normalized spacial score (nSPS) is 15.2. The first-order valence-electron chi connectivity index (χ1n) is 8.30. The number of amides is 1. The molecule has 1 N–H and O–H groups in total. The molecule has 26 heavy (non-hydrogen) atoms. The van der Waals surface area contributed by atoms with Gasteiger partial charge in [0.25, 0.3) is 0 Å². The third-order valence-corrected chi connectivity index (χ3v) is 4.81. The van der Waals surface area contributed by atoms with Crippen LogP contribution in [0.2, 0.25) is 0 Å². The van der Waals surface area contributed by atoms with Gasteiger partial charge in [-0.2, -0.15) is 5.10 Å². The number of hydrogen-bond acceptors (Lipinski definition) is 5. The molecule has 3 heterocycles. The predicted octanol–water partition coefficient (Wildman–Crippen LogP) is 1.62. The quantitative estimate of drug-likeness (QED) is 0.401. The highest BCUT2D eigenvalue weighted by Crippen LogP contribution is 2.17. The summed E-state index contributed by atoms with van der Waals surface area (Å²) < 4.78 is 1.71. The zero-order valence-electron chi connectivity index (χ0n) is 15.2. The van der Waals surface area contributed by atoms with Crippen molar-refractivity contribution in [3.8, 4) is 0 Å².